The molecule has 0 radical (unpaired) electrons. The fourth-order valence-electron chi connectivity index (χ4n) is 2.25. The van der Waals surface area contributed by atoms with E-state index in [4.69, 9.17) is 0 Å². The molecule has 1 aromatic rings. The molecule has 0 aliphatic carbocycles. The van der Waals surface area contributed by atoms with Crippen molar-refractivity contribution in [2.24, 2.45) is 0 Å². The number of benzene rings is 1. The van der Waals surface area contributed by atoms with E-state index < -0.39 is 0 Å². The normalized spacial score (nSPS) is 21.0. The smallest absolute Gasteiger partial charge is 0.292 e. The molecule has 6 heteroatoms. The highest BCUT2D eigenvalue weighted by molar-refractivity contribution is 5.63. The number of piperazine rings is 1. The van der Waals surface area contributed by atoms with Crippen LogP contribution >= 0.6 is 0 Å². The minimum Gasteiger partial charge on any atom is -0.395 e. The zero-order valence-corrected chi connectivity index (χ0v) is 10.3. The molecule has 98 valence electrons. The number of aliphatic hydroxyl groups is 1. The van der Waals surface area contributed by atoms with Crippen LogP contribution in [0.15, 0.2) is 24.3 Å². The average Bonchev–Trinajstić information content (AvgIpc) is 2.39. The van der Waals surface area contributed by atoms with Crippen molar-refractivity contribution in [3.8, 4) is 0 Å². The largest absolute Gasteiger partial charge is 0.395 e. The van der Waals surface area contributed by atoms with Gasteiger partial charge in [0, 0.05) is 25.7 Å². The van der Waals surface area contributed by atoms with Crippen LogP contribution in [-0.4, -0.2) is 54.3 Å². The Kier molecular flexibility index (Phi) is 3.78. The number of anilines is 1. The molecule has 1 N–H and O–H groups in total. The lowest BCUT2D eigenvalue weighted by molar-refractivity contribution is -0.384. The summed E-state index contributed by atoms with van der Waals surface area (Å²) in [5, 5.41) is 20.3. The quantitative estimate of drug-likeness (QED) is 0.633. The molecular formula is C12H17N3O3. The van der Waals surface area contributed by atoms with E-state index in [1.54, 1.807) is 18.2 Å². The average molecular weight is 251 g/mol. The summed E-state index contributed by atoms with van der Waals surface area (Å²) in [7, 11) is 1.96. The van der Waals surface area contributed by atoms with Crippen LogP contribution in [0, 0.1) is 10.1 Å². The number of hydrogen-bond donors (Lipinski definition) is 1. The van der Waals surface area contributed by atoms with Crippen LogP contribution in [0.25, 0.3) is 0 Å². The molecule has 1 heterocycles. The first kappa shape index (κ1) is 12.8. The van der Waals surface area contributed by atoms with E-state index in [-0.39, 0.29) is 23.3 Å². The lowest BCUT2D eigenvalue weighted by atomic mass is 10.1. The van der Waals surface area contributed by atoms with Crippen molar-refractivity contribution in [1.29, 1.82) is 0 Å². The van der Waals surface area contributed by atoms with E-state index in [0.29, 0.717) is 12.2 Å². The van der Waals surface area contributed by atoms with E-state index in [1.807, 2.05) is 11.9 Å². The highest BCUT2D eigenvalue weighted by atomic mass is 16.6. The van der Waals surface area contributed by atoms with Crippen molar-refractivity contribution < 1.29 is 10.0 Å². The number of nitrogens with zero attached hydrogens (tertiary/aromatic N) is 3. The van der Waals surface area contributed by atoms with Crippen LogP contribution in [0.4, 0.5) is 11.4 Å². The molecule has 18 heavy (non-hydrogen) atoms. The van der Waals surface area contributed by atoms with Crippen LogP contribution in [0.5, 0.6) is 0 Å². The Bertz CT molecular complexity index is 438. The molecule has 0 amide bonds. The number of nitro groups is 1. The molecule has 1 aliphatic heterocycles. The standard InChI is InChI=1S/C12H17N3O3/c1-13-6-7-14(8-10(13)9-16)11-4-2-3-5-12(11)15(17)18/h2-5,10,16H,6-9H2,1H3. The minimum absolute atomic E-state index is 0.0264. The Morgan fingerprint density at radius 3 is 2.83 bits per heavy atom. The van der Waals surface area contributed by atoms with Crippen molar-refractivity contribution in [3.05, 3.63) is 34.4 Å². The Hall–Kier alpha value is -1.66. The second kappa shape index (κ2) is 5.32. The van der Waals surface area contributed by atoms with Crippen molar-refractivity contribution in [2.45, 2.75) is 6.04 Å². The maximum Gasteiger partial charge on any atom is 0.292 e. The van der Waals surface area contributed by atoms with E-state index in [2.05, 4.69) is 4.90 Å². The summed E-state index contributed by atoms with van der Waals surface area (Å²) in [6.07, 6.45) is 0. The highest BCUT2D eigenvalue weighted by Gasteiger charge is 2.27. The van der Waals surface area contributed by atoms with Crippen LogP contribution < -0.4 is 4.90 Å². The lowest BCUT2D eigenvalue weighted by Crippen LogP contribution is -2.53. The van der Waals surface area contributed by atoms with Gasteiger partial charge in [-0.3, -0.25) is 15.0 Å². The van der Waals surface area contributed by atoms with Gasteiger partial charge in [-0.2, -0.15) is 0 Å². The molecule has 0 saturated carbocycles. The molecule has 0 spiro atoms. The summed E-state index contributed by atoms with van der Waals surface area (Å²) in [6.45, 7) is 2.20. The third-order valence-electron chi connectivity index (χ3n) is 3.41. The molecular weight excluding hydrogens is 234 g/mol. The molecule has 1 unspecified atom stereocenters. The zero-order chi connectivity index (χ0) is 13.1. The number of rotatable bonds is 3. The van der Waals surface area contributed by atoms with Crippen LogP contribution in [0.1, 0.15) is 0 Å². The van der Waals surface area contributed by atoms with Gasteiger partial charge < -0.3 is 10.0 Å². The Morgan fingerprint density at radius 1 is 1.44 bits per heavy atom. The Balaban J connectivity index is 2.24. The Labute approximate surface area is 106 Å². The van der Waals surface area contributed by atoms with E-state index in [1.165, 1.54) is 6.07 Å². The first-order valence-corrected chi connectivity index (χ1v) is 5.93. The van der Waals surface area contributed by atoms with E-state index >= 15 is 0 Å². The van der Waals surface area contributed by atoms with Crippen molar-refractivity contribution in [1.82, 2.24) is 4.90 Å². The summed E-state index contributed by atoms with van der Waals surface area (Å²) in [4.78, 5) is 14.7. The molecule has 6 nitrogen and oxygen atoms in total. The first-order valence-electron chi connectivity index (χ1n) is 5.93. The van der Waals surface area contributed by atoms with Crippen molar-refractivity contribution in [2.75, 3.05) is 38.2 Å². The van der Waals surface area contributed by atoms with E-state index in [0.717, 1.165) is 13.1 Å². The lowest BCUT2D eigenvalue weighted by Gasteiger charge is -2.39. The zero-order valence-electron chi connectivity index (χ0n) is 10.3. The minimum atomic E-state index is -0.360. The second-order valence-corrected chi connectivity index (χ2v) is 4.51. The molecule has 1 fully saturated rings. The Morgan fingerprint density at radius 2 is 2.17 bits per heavy atom. The van der Waals surface area contributed by atoms with Gasteiger partial charge in [-0.05, 0) is 13.1 Å². The summed E-state index contributed by atoms with van der Waals surface area (Å²) >= 11 is 0. The molecule has 2 rings (SSSR count). The van der Waals surface area contributed by atoms with Gasteiger partial charge in [0.25, 0.3) is 5.69 Å². The molecule has 1 saturated heterocycles. The van der Waals surface area contributed by atoms with Gasteiger partial charge in [-0.1, -0.05) is 12.1 Å². The summed E-state index contributed by atoms with van der Waals surface area (Å²) < 4.78 is 0. The van der Waals surface area contributed by atoms with Gasteiger partial charge in [0.15, 0.2) is 0 Å². The predicted octanol–water partition coefficient (Wildman–Crippen LogP) is 0.708. The molecule has 1 aliphatic rings. The van der Waals surface area contributed by atoms with Crippen molar-refractivity contribution in [3.63, 3.8) is 0 Å². The maximum absolute atomic E-state index is 11.0. The van der Waals surface area contributed by atoms with Gasteiger partial charge in [0.1, 0.15) is 5.69 Å². The monoisotopic (exact) mass is 251 g/mol. The number of likely N-dealkylation sites (N-methyl/N-ethyl adjacent to an activating group) is 1. The number of hydrogen-bond acceptors (Lipinski definition) is 5. The predicted molar refractivity (Wildman–Crippen MR) is 68.8 cm³/mol. The highest BCUT2D eigenvalue weighted by Crippen LogP contribution is 2.29. The van der Waals surface area contributed by atoms with Gasteiger partial charge in [0.05, 0.1) is 17.6 Å². The topological polar surface area (TPSA) is 69.9 Å². The van der Waals surface area contributed by atoms with Gasteiger partial charge in [-0.15, -0.1) is 0 Å². The number of aliphatic hydroxyl groups excluding tert-OH is 1. The van der Waals surface area contributed by atoms with Gasteiger partial charge >= 0.3 is 0 Å². The third kappa shape index (κ3) is 2.44. The van der Waals surface area contributed by atoms with Gasteiger partial charge in [-0.25, -0.2) is 0 Å². The summed E-state index contributed by atoms with van der Waals surface area (Å²) in [5.74, 6) is 0. The molecule has 1 aromatic carbocycles. The maximum atomic E-state index is 11.0. The summed E-state index contributed by atoms with van der Waals surface area (Å²) in [5.41, 5.74) is 0.757. The van der Waals surface area contributed by atoms with Crippen LogP contribution in [0.3, 0.4) is 0 Å². The molecule has 0 bridgehead atoms. The number of para-hydroxylation sites is 2. The second-order valence-electron chi connectivity index (χ2n) is 4.51. The van der Waals surface area contributed by atoms with Gasteiger partial charge in [0.2, 0.25) is 0 Å². The first-order chi connectivity index (χ1) is 8.63. The SMILES string of the molecule is CN1CCN(c2ccccc2[N+](=O)[O-])CC1CO. The van der Waals surface area contributed by atoms with Crippen molar-refractivity contribution >= 4 is 11.4 Å². The molecule has 1 atom stereocenters. The van der Waals surface area contributed by atoms with E-state index in [9.17, 15) is 15.2 Å². The third-order valence-corrected chi connectivity index (χ3v) is 3.41. The summed E-state index contributed by atoms with van der Waals surface area (Å²) in [6, 6.07) is 6.77. The van der Waals surface area contributed by atoms with Crippen LogP contribution in [0.2, 0.25) is 0 Å². The fraction of sp³-hybridized carbons (Fsp3) is 0.500. The number of nitro benzene ring substituents is 1. The fourth-order valence-corrected chi connectivity index (χ4v) is 2.25. The molecule has 0 aromatic heterocycles. The van der Waals surface area contributed by atoms with Crippen LogP contribution in [-0.2, 0) is 0 Å².